The molecule has 0 bridgehead atoms. The van der Waals surface area contributed by atoms with Crippen molar-refractivity contribution in [2.45, 2.75) is 32.1 Å². The molecule has 20 heavy (non-hydrogen) atoms. The average molecular weight is 293 g/mol. The van der Waals surface area contributed by atoms with Gasteiger partial charge in [0.25, 0.3) is 0 Å². The van der Waals surface area contributed by atoms with E-state index >= 15 is 0 Å². The zero-order valence-corrected chi connectivity index (χ0v) is 14.0. The normalized spacial score (nSPS) is 12.3. The maximum atomic E-state index is 4.36. The van der Waals surface area contributed by atoms with E-state index in [1.54, 1.807) is 0 Å². The van der Waals surface area contributed by atoms with Crippen molar-refractivity contribution in [1.29, 1.82) is 0 Å². The first-order valence-corrected chi connectivity index (χ1v) is 7.96. The first kappa shape index (κ1) is 16.8. The van der Waals surface area contributed by atoms with E-state index in [4.69, 9.17) is 0 Å². The minimum Gasteiger partial charge on any atom is -0.355 e. The number of thiophene rings is 1. The van der Waals surface area contributed by atoms with Crippen molar-refractivity contribution in [2.24, 2.45) is 4.99 Å². The molecule has 1 aromatic heterocycles. The summed E-state index contributed by atoms with van der Waals surface area (Å²) in [6.07, 6.45) is 4.11. The molecule has 0 fully saturated rings. The van der Waals surface area contributed by atoms with E-state index in [0.717, 1.165) is 31.9 Å². The quantitative estimate of drug-likeness (QED) is 0.361. The summed E-state index contributed by atoms with van der Waals surface area (Å²) < 4.78 is 0. The molecule has 1 rings (SSSR count). The molecular formula is C16H27N3S. The molecule has 3 nitrogen and oxygen atoms in total. The van der Waals surface area contributed by atoms with Crippen molar-refractivity contribution < 1.29 is 0 Å². The highest BCUT2D eigenvalue weighted by Gasteiger charge is 2.22. The lowest BCUT2D eigenvalue weighted by Gasteiger charge is -2.28. The largest absolute Gasteiger partial charge is 0.355 e. The van der Waals surface area contributed by atoms with E-state index in [2.05, 4.69) is 60.2 Å². The smallest absolute Gasteiger partial charge is 0.193 e. The lowest BCUT2D eigenvalue weighted by Crippen LogP contribution is -2.44. The summed E-state index contributed by atoms with van der Waals surface area (Å²) >= 11 is 1.81. The lowest BCUT2D eigenvalue weighted by atomic mass is 9.91. The summed E-state index contributed by atoms with van der Waals surface area (Å²) in [7, 11) is 3.92. The molecule has 0 aliphatic carbocycles. The van der Waals surface area contributed by atoms with Crippen molar-refractivity contribution in [3.8, 4) is 0 Å². The molecule has 1 aromatic rings. The van der Waals surface area contributed by atoms with Gasteiger partial charge in [-0.05, 0) is 24.3 Å². The summed E-state index contributed by atoms with van der Waals surface area (Å²) in [5.74, 6) is 0.957. The number of nitrogens with zero attached hydrogens (tertiary/aromatic N) is 2. The molecule has 0 unspecified atom stereocenters. The van der Waals surface area contributed by atoms with Crippen LogP contribution in [0, 0.1) is 0 Å². The summed E-state index contributed by atoms with van der Waals surface area (Å²) in [6.45, 7) is 10.2. The molecule has 0 atom stereocenters. The highest BCUT2D eigenvalue weighted by Crippen LogP contribution is 2.26. The number of rotatable bonds is 7. The number of hydrogen-bond donors (Lipinski definition) is 1. The second kappa shape index (κ2) is 8.10. The molecular weight excluding hydrogens is 266 g/mol. The average Bonchev–Trinajstić information content (AvgIpc) is 2.94. The van der Waals surface area contributed by atoms with Gasteiger partial charge in [-0.1, -0.05) is 26.0 Å². The molecule has 0 aliphatic heterocycles. The molecule has 4 heteroatoms. The van der Waals surface area contributed by atoms with Crippen LogP contribution >= 0.6 is 11.3 Å². The molecule has 1 heterocycles. The fourth-order valence-corrected chi connectivity index (χ4v) is 2.87. The van der Waals surface area contributed by atoms with Crippen LogP contribution in [0.1, 0.15) is 31.6 Å². The number of aliphatic imine (C=N–C) groups is 1. The Bertz CT molecular complexity index is 421. The summed E-state index contributed by atoms with van der Waals surface area (Å²) in [5.41, 5.74) is 0.117. The molecule has 0 spiro atoms. The highest BCUT2D eigenvalue weighted by atomic mass is 32.1. The van der Waals surface area contributed by atoms with E-state index in [9.17, 15) is 0 Å². The minimum atomic E-state index is 0.117. The van der Waals surface area contributed by atoms with Crippen molar-refractivity contribution in [3.63, 3.8) is 0 Å². The predicted octanol–water partition coefficient (Wildman–Crippen LogP) is 3.50. The molecule has 0 aliphatic rings. The fourth-order valence-electron chi connectivity index (χ4n) is 2.01. The lowest BCUT2D eigenvalue weighted by molar-refractivity contribution is 0.448. The second-order valence-corrected chi connectivity index (χ2v) is 6.56. The first-order chi connectivity index (χ1) is 9.51. The van der Waals surface area contributed by atoms with Crippen LogP contribution in [0.15, 0.2) is 35.2 Å². The van der Waals surface area contributed by atoms with Gasteiger partial charge in [0.15, 0.2) is 5.96 Å². The van der Waals surface area contributed by atoms with Crippen LogP contribution in [0.25, 0.3) is 0 Å². The summed E-state index contributed by atoms with van der Waals surface area (Å²) in [5, 5.41) is 5.61. The van der Waals surface area contributed by atoms with Gasteiger partial charge >= 0.3 is 0 Å². The Balaban J connectivity index is 2.51. The van der Waals surface area contributed by atoms with Gasteiger partial charge in [-0.2, -0.15) is 0 Å². The van der Waals surface area contributed by atoms with E-state index in [0.29, 0.717) is 0 Å². The Labute approximate surface area is 127 Å². The Morgan fingerprint density at radius 1 is 1.55 bits per heavy atom. The van der Waals surface area contributed by atoms with Gasteiger partial charge in [0.1, 0.15) is 0 Å². The maximum absolute atomic E-state index is 4.36. The number of unbranched alkanes of at least 4 members (excludes halogenated alkanes) is 1. The topological polar surface area (TPSA) is 27.6 Å². The second-order valence-electron chi connectivity index (χ2n) is 5.61. The third-order valence-electron chi connectivity index (χ3n) is 3.35. The van der Waals surface area contributed by atoms with Crippen LogP contribution < -0.4 is 5.32 Å². The molecule has 0 aromatic carbocycles. The Morgan fingerprint density at radius 2 is 2.30 bits per heavy atom. The molecule has 0 amide bonds. The van der Waals surface area contributed by atoms with Crippen LogP contribution in [-0.2, 0) is 5.41 Å². The van der Waals surface area contributed by atoms with Crippen molar-refractivity contribution >= 4 is 17.3 Å². The fraction of sp³-hybridized carbons (Fsp3) is 0.562. The maximum Gasteiger partial charge on any atom is 0.193 e. The molecule has 0 saturated carbocycles. The van der Waals surface area contributed by atoms with Crippen molar-refractivity contribution in [3.05, 3.63) is 35.0 Å². The van der Waals surface area contributed by atoms with Gasteiger partial charge in [0, 0.05) is 37.5 Å². The standard InChI is InChI=1S/C16H27N3S/c1-6-7-8-11-19(5)15(17-4)18-13-16(2,3)14-10-9-12-20-14/h6,9-10,12H,1,7-8,11,13H2,2-5H3,(H,17,18). The molecule has 1 N–H and O–H groups in total. The Kier molecular flexibility index (Phi) is 6.79. The molecule has 112 valence electrons. The number of nitrogens with one attached hydrogen (secondary N) is 1. The molecule has 0 radical (unpaired) electrons. The number of guanidine groups is 1. The highest BCUT2D eigenvalue weighted by molar-refractivity contribution is 7.10. The summed E-state index contributed by atoms with van der Waals surface area (Å²) in [6, 6.07) is 4.31. The van der Waals surface area contributed by atoms with Gasteiger partial charge in [-0.15, -0.1) is 17.9 Å². The van der Waals surface area contributed by atoms with Gasteiger partial charge < -0.3 is 10.2 Å². The van der Waals surface area contributed by atoms with Crippen molar-refractivity contribution in [2.75, 3.05) is 27.2 Å². The van der Waals surface area contributed by atoms with Crippen molar-refractivity contribution in [1.82, 2.24) is 10.2 Å². The Morgan fingerprint density at radius 3 is 2.85 bits per heavy atom. The van der Waals surface area contributed by atoms with E-state index < -0.39 is 0 Å². The predicted molar refractivity (Wildman–Crippen MR) is 90.8 cm³/mol. The van der Waals surface area contributed by atoms with Crippen LogP contribution in [0.2, 0.25) is 0 Å². The third-order valence-corrected chi connectivity index (χ3v) is 4.59. The van der Waals surface area contributed by atoms with Gasteiger partial charge in [0.2, 0.25) is 0 Å². The third kappa shape index (κ3) is 5.00. The van der Waals surface area contributed by atoms with Gasteiger partial charge in [-0.3, -0.25) is 4.99 Å². The SMILES string of the molecule is C=CCCCN(C)C(=NC)NCC(C)(C)c1cccs1. The zero-order valence-electron chi connectivity index (χ0n) is 13.1. The zero-order chi connectivity index (χ0) is 15.0. The van der Waals surface area contributed by atoms with Gasteiger partial charge in [-0.25, -0.2) is 0 Å². The number of allylic oxidation sites excluding steroid dienone is 1. The number of hydrogen-bond acceptors (Lipinski definition) is 2. The molecule has 0 saturated heterocycles. The Hall–Kier alpha value is -1.29. The van der Waals surface area contributed by atoms with E-state index in [-0.39, 0.29) is 5.41 Å². The van der Waals surface area contributed by atoms with Crippen LogP contribution in [0.3, 0.4) is 0 Å². The first-order valence-electron chi connectivity index (χ1n) is 7.08. The van der Waals surface area contributed by atoms with E-state index in [1.807, 2.05) is 24.5 Å². The van der Waals surface area contributed by atoms with Crippen LogP contribution in [-0.4, -0.2) is 38.0 Å². The van der Waals surface area contributed by atoms with Gasteiger partial charge in [0.05, 0.1) is 0 Å². The van der Waals surface area contributed by atoms with E-state index in [1.165, 1.54) is 4.88 Å². The summed E-state index contributed by atoms with van der Waals surface area (Å²) in [4.78, 5) is 7.93. The van der Waals surface area contributed by atoms with Crippen LogP contribution in [0.5, 0.6) is 0 Å². The van der Waals surface area contributed by atoms with Crippen LogP contribution in [0.4, 0.5) is 0 Å². The monoisotopic (exact) mass is 293 g/mol. The minimum absolute atomic E-state index is 0.117.